The topological polar surface area (TPSA) is 51.5 Å². The van der Waals surface area contributed by atoms with Crippen molar-refractivity contribution in [2.24, 2.45) is 0 Å². The summed E-state index contributed by atoms with van der Waals surface area (Å²) in [4.78, 5) is 11.8. The summed E-state index contributed by atoms with van der Waals surface area (Å²) in [5, 5.41) is 2.83. The number of hydrogen-bond acceptors (Lipinski definition) is 3. The average Bonchev–Trinajstić information content (AvgIpc) is 2.98. The standard InChI is InChI=1S/C16H19NO3/c1-2-19-15-8-4-3-6-13(15)9-10-16(18)17-12-14-7-5-11-20-14/h3-8,11H,2,9-10,12H2,1H3,(H,17,18). The zero-order chi connectivity index (χ0) is 14.2. The molecule has 0 atom stereocenters. The smallest absolute Gasteiger partial charge is 0.220 e. The van der Waals surface area contributed by atoms with Crippen LogP contribution in [0.25, 0.3) is 0 Å². The van der Waals surface area contributed by atoms with E-state index in [-0.39, 0.29) is 5.91 Å². The molecule has 0 fully saturated rings. The Morgan fingerprint density at radius 1 is 1.25 bits per heavy atom. The van der Waals surface area contributed by atoms with Gasteiger partial charge in [0.15, 0.2) is 0 Å². The molecule has 1 aromatic heterocycles. The van der Waals surface area contributed by atoms with Crippen molar-refractivity contribution in [3.63, 3.8) is 0 Å². The maximum Gasteiger partial charge on any atom is 0.220 e. The van der Waals surface area contributed by atoms with Gasteiger partial charge in [0.1, 0.15) is 11.5 Å². The van der Waals surface area contributed by atoms with Crippen molar-refractivity contribution in [3.8, 4) is 5.75 Å². The minimum atomic E-state index is 0.00713. The Bertz CT molecular complexity index is 534. The van der Waals surface area contributed by atoms with Crippen LogP contribution in [0.5, 0.6) is 5.75 Å². The van der Waals surface area contributed by atoms with Crippen molar-refractivity contribution in [2.75, 3.05) is 6.61 Å². The van der Waals surface area contributed by atoms with Crippen LogP contribution in [0.3, 0.4) is 0 Å². The predicted molar refractivity (Wildman–Crippen MR) is 76.5 cm³/mol. The third-order valence-corrected chi connectivity index (χ3v) is 2.93. The number of carbonyl (C=O) groups is 1. The van der Waals surface area contributed by atoms with Crippen LogP contribution in [-0.4, -0.2) is 12.5 Å². The number of aryl methyl sites for hydroxylation is 1. The molecule has 0 spiro atoms. The molecule has 0 aliphatic heterocycles. The summed E-state index contributed by atoms with van der Waals surface area (Å²) in [5.74, 6) is 1.62. The molecule has 106 valence electrons. The van der Waals surface area contributed by atoms with Crippen molar-refractivity contribution in [1.82, 2.24) is 5.32 Å². The molecule has 0 aliphatic carbocycles. The zero-order valence-electron chi connectivity index (χ0n) is 11.6. The molecule has 4 nitrogen and oxygen atoms in total. The van der Waals surface area contributed by atoms with Gasteiger partial charge in [0.25, 0.3) is 0 Å². The van der Waals surface area contributed by atoms with E-state index in [2.05, 4.69) is 5.32 Å². The fraction of sp³-hybridized carbons (Fsp3) is 0.312. The lowest BCUT2D eigenvalue weighted by Crippen LogP contribution is -2.22. The maximum absolute atomic E-state index is 11.8. The first-order chi connectivity index (χ1) is 9.79. The lowest BCUT2D eigenvalue weighted by Gasteiger charge is -2.09. The van der Waals surface area contributed by atoms with Gasteiger partial charge in [0, 0.05) is 6.42 Å². The first-order valence-electron chi connectivity index (χ1n) is 6.79. The summed E-state index contributed by atoms with van der Waals surface area (Å²) in [7, 11) is 0. The van der Waals surface area contributed by atoms with Gasteiger partial charge in [-0.05, 0) is 37.1 Å². The second kappa shape index (κ2) is 7.38. The van der Waals surface area contributed by atoms with Crippen LogP contribution < -0.4 is 10.1 Å². The predicted octanol–water partition coefficient (Wildman–Crippen LogP) is 2.93. The van der Waals surface area contributed by atoms with E-state index in [1.807, 2.05) is 37.3 Å². The summed E-state index contributed by atoms with van der Waals surface area (Å²) in [6.45, 7) is 3.01. The minimum Gasteiger partial charge on any atom is -0.494 e. The summed E-state index contributed by atoms with van der Waals surface area (Å²) >= 11 is 0. The Balaban J connectivity index is 1.81. The van der Waals surface area contributed by atoms with Crippen LogP contribution in [0.2, 0.25) is 0 Å². The van der Waals surface area contributed by atoms with E-state index < -0.39 is 0 Å². The van der Waals surface area contributed by atoms with Crippen LogP contribution in [0.15, 0.2) is 47.1 Å². The largest absolute Gasteiger partial charge is 0.494 e. The number of rotatable bonds is 7. The number of ether oxygens (including phenoxy) is 1. The van der Waals surface area contributed by atoms with Crippen molar-refractivity contribution in [2.45, 2.75) is 26.3 Å². The Morgan fingerprint density at radius 3 is 2.85 bits per heavy atom. The van der Waals surface area contributed by atoms with Crippen molar-refractivity contribution in [1.29, 1.82) is 0 Å². The molecular weight excluding hydrogens is 254 g/mol. The second-order valence-electron chi connectivity index (χ2n) is 4.40. The highest BCUT2D eigenvalue weighted by Gasteiger charge is 2.07. The van der Waals surface area contributed by atoms with Crippen LogP contribution in [0.1, 0.15) is 24.7 Å². The van der Waals surface area contributed by atoms with Gasteiger partial charge in [-0.25, -0.2) is 0 Å². The normalized spacial score (nSPS) is 10.2. The van der Waals surface area contributed by atoms with Gasteiger partial charge >= 0.3 is 0 Å². The first-order valence-corrected chi connectivity index (χ1v) is 6.79. The molecule has 1 aromatic carbocycles. The van der Waals surface area contributed by atoms with Crippen molar-refractivity contribution < 1.29 is 13.9 Å². The van der Waals surface area contributed by atoms with Crippen LogP contribution in [0, 0.1) is 0 Å². The van der Waals surface area contributed by atoms with Gasteiger partial charge in [-0.15, -0.1) is 0 Å². The number of amides is 1. The SMILES string of the molecule is CCOc1ccccc1CCC(=O)NCc1ccco1. The Labute approximate surface area is 118 Å². The van der Waals surface area contributed by atoms with Gasteiger partial charge in [0.2, 0.25) is 5.91 Å². The molecule has 0 unspecified atom stereocenters. The van der Waals surface area contributed by atoms with E-state index in [0.717, 1.165) is 17.1 Å². The molecule has 1 heterocycles. The molecule has 1 amide bonds. The minimum absolute atomic E-state index is 0.00713. The quantitative estimate of drug-likeness (QED) is 0.844. The number of para-hydroxylation sites is 1. The van der Waals surface area contributed by atoms with E-state index in [4.69, 9.17) is 9.15 Å². The van der Waals surface area contributed by atoms with Gasteiger partial charge in [-0.2, -0.15) is 0 Å². The Hall–Kier alpha value is -2.23. The summed E-state index contributed by atoms with van der Waals surface area (Å²) in [6.07, 6.45) is 2.70. The van der Waals surface area contributed by atoms with Crippen molar-refractivity contribution in [3.05, 3.63) is 54.0 Å². The van der Waals surface area contributed by atoms with E-state index >= 15 is 0 Å². The van der Waals surface area contributed by atoms with Gasteiger partial charge < -0.3 is 14.5 Å². The van der Waals surface area contributed by atoms with Crippen LogP contribution in [-0.2, 0) is 17.8 Å². The monoisotopic (exact) mass is 273 g/mol. The van der Waals surface area contributed by atoms with Gasteiger partial charge in [-0.3, -0.25) is 4.79 Å². The molecule has 20 heavy (non-hydrogen) atoms. The van der Waals surface area contributed by atoms with Gasteiger partial charge in [0.05, 0.1) is 19.4 Å². The number of carbonyl (C=O) groups excluding carboxylic acids is 1. The highest BCUT2D eigenvalue weighted by atomic mass is 16.5. The Morgan fingerprint density at radius 2 is 2.10 bits per heavy atom. The van der Waals surface area contributed by atoms with E-state index in [1.54, 1.807) is 12.3 Å². The van der Waals surface area contributed by atoms with E-state index in [0.29, 0.717) is 26.0 Å². The molecule has 2 rings (SSSR count). The van der Waals surface area contributed by atoms with E-state index in [9.17, 15) is 4.79 Å². The maximum atomic E-state index is 11.8. The van der Waals surface area contributed by atoms with Crippen LogP contribution in [0.4, 0.5) is 0 Å². The third-order valence-electron chi connectivity index (χ3n) is 2.93. The van der Waals surface area contributed by atoms with E-state index in [1.165, 1.54) is 0 Å². The fourth-order valence-electron chi connectivity index (χ4n) is 1.94. The fourth-order valence-corrected chi connectivity index (χ4v) is 1.94. The Kier molecular flexibility index (Phi) is 5.24. The molecule has 0 radical (unpaired) electrons. The van der Waals surface area contributed by atoms with Crippen LogP contribution >= 0.6 is 0 Å². The lowest BCUT2D eigenvalue weighted by molar-refractivity contribution is -0.121. The summed E-state index contributed by atoms with van der Waals surface area (Å²) in [6, 6.07) is 11.5. The lowest BCUT2D eigenvalue weighted by atomic mass is 10.1. The molecule has 2 aromatic rings. The third kappa shape index (κ3) is 4.16. The molecule has 0 aliphatic rings. The zero-order valence-corrected chi connectivity index (χ0v) is 11.6. The van der Waals surface area contributed by atoms with Crippen molar-refractivity contribution >= 4 is 5.91 Å². The molecule has 1 N–H and O–H groups in total. The first kappa shape index (κ1) is 14.2. The summed E-state index contributed by atoms with van der Waals surface area (Å²) < 4.78 is 10.7. The number of hydrogen-bond donors (Lipinski definition) is 1. The highest BCUT2D eigenvalue weighted by Crippen LogP contribution is 2.19. The second-order valence-corrected chi connectivity index (χ2v) is 4.40. The number of nitrogens with one attached hydrogen (secondary N) is 1. The number of benzene rings is 1. The van der Waals surface area contributed by atoms with Gasteiger partial charge in [-0.1, -0.05) is 18.2 Å². The molecule has 0 saturated heterocycles. The molecule has 4 heteroatoms. The summed E-state index contributed by atoms with van der Waals surface area (Å²) in [5.41, 5.74) is 1.06. The number of furan rings is 1. The molecular formula is C16H19NO3. The molecule has 0 bridgehead atoms. The highest BCUT2D eigenvalue weighted by molar-refractivity contribution is 5.76. The molecule has 0 saturated carbocycles. The average molecular weight is 273 g/mol.